The molecule has 0 bridgehead atoms. The van der Waals surface area contributed by atoms with Crippen LogP contribution in [0.5, 0.6) is 0 Å². The van der Waals surface area contributed by atoms with Crippen molar-refractivity contribution in [1.29, 1.82) is 0 Å². The van der Waals surface area contributed by atoms with Gasteiger partial charge in [0.1, 0.15) is 0 Å². The van der Waals surface area contributed by atoms with Crippen LogP contribution in [0.4, 0.5) is 0 Å². The van der Waals surface area contributed by atoms with E-state index in [4.69, 9.17) is 9.47 Å². The maximum Gasteiger partial charge on any atom is 0.226 e. The fourth-order valence-electron chi connectivity index (χ4n) is 3.76. The van der Waals surface area contributed by atoms with Crippen LogP contribution in [0.25, 0.3) is 0 Å². The normalized spacial score (nSPS) is 30.3. The fourth-order valence-corrected chi connectivity index (χ4v) is 3.76. The molecular formula is C15H23NO3. The molecule has 4 nitrogen and oxygen atoms in total. The minimum Gasteiger partial charge on any atom is -0.347 e. The van der Waals surface area contributed by atoms with Crippen LogP contribution in [0.15, 0.2) is 0 Å². The van der Waals surface area contributed by atoms with Gasteiger partial charge in [0.25, 0.3) is 0 Å². The number of piperidine rings is 1. The summed E-state index contributed by atoms with van der Waals surface area (Å²) < 4.78 is 11.5. The van der Waals surface area contributed by atoms with Crippen LogP contribution in [-0.4, -0.2) is 42.9 Å². The Morgan fingerprint density at radius 2 is 1.53 bits per heavy atom. The molecule has 0 aromatic carbocycles. The van der Waals surface area contributed by atoms with Crippen molar-refractivity contribution in [1.82, 2.24) is 4.90 Å². The molecule has 1 amide bonds. The molecule has 106 valence electrons. The van der Waals surface area contributed by atoms with E-state index in [1.54, 1.807) is 0 Å². The van der Waals surface area contributed by atoms with E-state index in [1.165, 1.54) is 25.7 Å². The van der Waals surface area contributed by atoms with Gasteiger partial charge in [0.05, 0.1) is 13.2 Å². The van der Waals surface area contributed by atoms with Crippen LogP contribution in [0.2, 0.25) is 0 Å². The number of carbonyl (C=O) groups is 1. The van der Waals surface area contributed by atoms with E-state index in [9.17, 15) is 4.79 Å². The van der Waals surface area contributed by atoms with Crippen LogP contribution in [-0.2, 0) is 14.3 Å². The third kappa shape index (κ3) is 2.29. The number of likely N-dealkylation sites (tertiary alicyclic amines) is 1. The lowest BCUT2D eigenvalue weighted by Crippen LogP contribution is -2.49. The smallest absolute Gasteiger partial charge is 0.226 e. The van der Waals surface area contributed by atoms with Crippen molar-refractivity contribution in [2.75, 3.05) is 26.3 Å². The quantitative estimate of drug-likeness (QED) is 0.781. The molecule has 2 aliphatic carbocycles. The summed E-state index contributed by atoms with van der Waals surface area (Å²) in [4.78, 5) is 14.8. The first-order chi connectivity index (χ1) is 9.27. The second-order valence-electron chi connectivity index (χ2n) is 6.63. The number of amides is 1. The first-order valence-corrected chi connectivity index (χ1v) is 7.84. The van der Waals surface area contributed by atoms with Crippen LogP contribution >= 0.6 is 0 Å². The van der Waals surface area contributed by atoms with Gasteiger partial charge in [-0.05, 0) is 37.5 Å². The maximum atomic E-state index is 12.7. The Morgan fingerprint density at radius 3 is 2.00 bits per heavy atom. The number of rotatable bonds is 3. The molecule has 0 radical (unpaired) electrons. The van der Waals surface area contributed by atoms with Gasteiger partial charge in [-0.1, -0.05) is 0 Å². The third-order valence-corrected chi connectivity index (χ3v) is 5.20. The van der Waals surface area contributed by atoms with Crippen LogP contribution in [0.3, 0.4) is 0 Å². The zero-order valence-electron chi connectivity index (χ0n) is 11.5. The Balaban J connectivity index is 1.38. The Kier molecular flexibility index (Phi) is 2.85. The molecule has 19 heavy (non-hydrogen) atoms. The molecule has 4 fully saturated rings. The molecule has 2 aliphatic heterocycles. The molecule has 4 heteroatoms. The van der Waals surface area contributed by atoms with Gasteiger partial charge in [0, 0.05) is 31.8 Å². The highest BCUT2D eigenvalue weighted by Crippen LogP contribution is 2.50. The lowest BCUT2D eigenvalue weighted by Gasteiger charge is -2.39. The molecule has 0 unspecified atom stereocenters. The zero-order chi connectivity index (χ0) is 12.9. The Bertz CT molecular complexity index is 348. The number of carbonyl (C=O) groups excluding carboxylic acids is 1. The lowest BCUT2D eigenvalue weighted by atomic mass is 9.94. The minimum absolute atomic E-state index is 0.347. The highest BCUT2D eigenvalue weighted by molar-refractivity contribution is 5.80. The molecule has 2 heterocycles. The predicted molar refractivity (Wildman–Crippen MR) is 69.4 cm³/mol. The van der Waals surface area contributed by atoms with Crippen LogP contribution < -0.4 is 0 Å². The lowest BCUT2D eigenvalue weighted by molar-refractivity contribution is -0.188. The van der Waals surface area contributed by atoms with Crippen molar-refractivity contribution < 1.29 is 14.3 Å². The monoisotopic (exact) mass is 265 g/mol. The van der Waals surface area contributed by atoms with E-state index >= 15 is 0 Å². The highest BCUT2D eigenvalue weighted by Gasteiger charge is 2.48. The molecule has 0 aromatic heterocycles. The Hall–Kier alpha value is -0.610. The van der Waals surface area contributed by atoms with Crippen LogP contribution in [0, 0.1) is 17.8 Å². The van der Waals surface area contributed by atoms with Crippen molar-refractivity contribution in [2.45, 2.75) is 44.3 Å². The Morgan fingerprint density at radius 1 is 1.00 bits per heavy atom. The standard InChI is InChI=1S/C15H23NO3/c17-14(13(11-1-2-11)12-3-4-12)16-7-5-15(6-8-16)18-9-10-19-15/h11-13H,1-10H2. The van der Waals surface area contributed by atoms with E-state index in [0.717, 1.165) is 25.9 Å². The van der Waals surface area contributed by atoms with Crippen molar-refractivity contribution >= 4 is 5.91 Å². The van der Waals surface area contributed by atoms with Gasteiger partial charge in [-0.3, -0.25) is 4.79 Å². The summed E-state index contributed by atoms with van der Waals surface area (Å²) in [5, 5.41) is 0. The second kappa shape index (κ2) is 4.45. The summed E-state index contributed by atoms with van der Waals surface area (Å²) in [6.07, 6.45) is 6.79. The average Bonchev–Trinajstić information content (AvgIpc) is 3.34. The van der Waals surface area contributed by atoms with Crippen molar-refractivity contribution in [2.24, 2.45) is 17.8 Å². The van der Waals surface area contributed by atoms with Crippen molar-refractivity contribution in [3.63, 3.8) is 0 Å². The summed E-state index contributed by atoms with van der Waals surface area (Å²) in [7, 11) is 0. The number of hydrogen-bond donors (Lipinski definition) is 0. The van der Waals surface area contributed by atoms with Crippen molar-refractivity contribution in [3.05, 3.63) is 0 Å². The average molecular weight is 265 g/mol. The molecule has 2 saturated heterocycles. The topological polar surface area (TPSA) is 38.8 Å². The van der Waals surface area contributed by atoms with E-state index in [2.05, 4.69) is 4.90 Å². The molecule has 0 aromatic rings. The molecule has 4 aliphatic rings. The van der Waals surface area contributed by atoms with E-state index in [0.29, 0.717) is 36.9 Å². The molecule has 0 atom stereocenters. The van der Waals surface area contributed by atoms with Gasteiger partial charge >= 0.3 is 0 Å². The summed E-state index contributed by atoms with van der Waals surface area (Å²) in [5.74, 6) is 1.83. The SMILES string of the molecule is O=C(C(C1CC1)C1CC1)N1CCC2(CC1)OCCO2. The second-order valence-corrected chi connectivity index (χ2v) is 6.63. The molecule has 2 saturated carbocycles. The summed E-state index contributed by atoms with van der Waals surface area (Å²) >= 11 is 0. The summed E-state index contributed by atoms with van der Waals surface area (Å²) in [6.45, 7) is 3.05. The number of nitrogens with zero attached hydrogens (tertiary/aromatic N) is 1. The van der Waals surface area contributed by atoms with Crippen LogP contribution in [0.1, 0.15) is 38.5 Å². The molecular weight excluding hydrogens is 242 g/mol. The zero-order valence-corrected chi connectivity index (χ0v) is 11.5. The van der Waals surface area contributed by atoms with Gasteiger partial charge in [-0.15, -0.1) is 0 Å². The minimum atomic E-state index is -0.356. The first-order valence-electron chi connectivity index (χ1n) is 7.84. The summed E-state index contributed by atoms with van der Waals surface area (Å²) in [5.41, 5.74) is 0. The van der Waals surface area contributed by atoms with Gasteiger partial charge in [0.15, 0.2) is 5.79 Å². The van der Waals surface area contributed by atoms with E-state index in [-0.39, 0.29) is 5.79 Å². The van der Waals surface area contributed by atoms with Gasteiger partial charge in [0.2, 0.25) is 5.91 Å². The maximum absolute atomic E-state index is 12.7. The molecule has 0 N–H and O–H groups in total. The number of hydrogen-bond acceptors (Lipinski definition) is 3. The van der Waals surface area contributed by atoms with Crippen molar-refractivity contribution in [3.8, 4) is 0 Å². The first kappa shape index (κ1) is 12.2. The van der Waals surface area contributed by atoms with Gasteiger partial charge in [-0.25, -0.2) is 0 Å². The Labute approximate surface area is 114 Å². The molecule has 4 rings (SSSR count). The number of ether oxygens (including phenoxy) is 2. The summed E-state index contributed by atoms with van der Waals surface area (Å²) in [6, 6.07) is 0. The van der Waals surface area contributed by atoms with Gasteiger partial charge < -0.3 is 14.4 Å². The van der Waals surface area contributed by atoms with E-state index in [1.807, 2.05) is 0 Å². The largest absolute Gasteiger partial charge is 0.347 e. The fraction of sp³-hybridized carbons (Fsp3) is 0.933. The van der Waals surface area contributed by atoms with Gasteiger partial charge in [-0.2, -0.15) is 0 Å². The highest BCUT2D eigenvalue weighted by atomic mass is 16.7. The molecule has 1 spiro atoms. The predicted octanol–water partition coefficient (Wildman–Crippen LogP) is 1.79. The third-order valence-electron chi connectivity index (χ3n) is 5.20. The van der Waals surface area contributed by atoms with E-state index < -0.39 is 0 Å².